The van der Waals surface area contributed by atoms with Gasteiger partial charge >= 0.3 is 6.09 Å². The predicted molar refractivity (Wildman–Crippen MR) is 151 cm³/mol. The summed E-state index contributed by atoms with van der Waals surface area (Å²) in [6, 6.07) is 0.604. The van der Waals surface area contributed by atoms with E-state index in [-0.39, 0.29) is 19.6 Å². The highest BCUT2D eigenvalue weighted by atomic mass is 32.1. The topological polar surface area (TPSA) is 125 Å². The number of nitrogens with zero attached hydrogens (tertiary/aromatic N) is 5. The molecule has 2 unspecified atom stereocenters. The molecule has 0 aliphatic carbocycles. The molecule has 4 aromatic rings. The molecule has 6 heterocycles. The van der Waals surface area contributed by atoms with Gasteiger partial charge in [-0.3, -0.25) is 10.2 Å². The van der Waals surface area contributed by atoms with Gasteiger partial charge in [-0.2, -0.15) is 10.2 Å². The van der Waals surface area contributed by atoms with E-state index in [1.165, 1.54) is 22.6 Å². The Hall–Kier alpha value is -3.09. The lowest BCUT2D eigenvalue weighted by Gasteiger charge is -2.34. The smallest absolute Gasteiger partial charge is 0.410 e. The summed E-state index contributed by atoms with van der Waals surface area (Å²) in [6.07, 6.45) is 1.48. The van der Waals surface area contributed by atoms with Crippen molar-refractivity contribution in [1.82, 2.24) is 40.6 Å². The fourth-order valence-electron chi connectivity index (χ4n) is 4.54. The summed E-state index contributed by atoms with van der Waals surface area (Å²) >= 11 is 3.14. The van der Waals surface area contributed by atoms with Gasteiger partial charge in [0.2, 0.25) is 0 Å². The van der Waals surface area contributed by atoms with E-state index in [0.29, 0.717) is 12.6 Å². The minimum Gasteiger partial charge on any atom is -0.444 e. The summed E-state index contributed by atoms with van der Waals surface area (Å²) in [5, 5.41) is 22.4. The first kappa shape index (κ1) is 27.9. The van der Waals surface area contributed by atoms with Gasteiger partial charge in [0.05, 0.1) is 17.6 Å². The minimum atomic E-state index is -0.495. The number of amides is 1. The van der Waals surface area contributed by atoms with Crippen molar-refractivity contribution in [2.75, 3.05) is 0 Å². The number of nitrogens with one attached hydrogen (secondary N) is 3. The van der Waals surface area contributed by atoms with Gasteiger partial charge in [-0.15, -0.1) is 22.7 Å². The average molecular weight is 557 g/mol. The lowest BCUT2D eigenvalue weighted by atomic mass is 9.99. The maximum Gasteiger partial charge on any atom is 0.410 e. The molecule has 12 heteroatoms. The van der Waals surface area contributed by atoms with Crippen LogP contribution in [0, 0.1) is 0 Å². The number of aromatic nitrogens is 6. The molecule has 0 radical (unpaired) electrons. The van der Waals surface area contributed by atoms with Gasteiger partial charge in [-0.1, -0.05) is 7.43 Å². The van der Waals surface area contributed by atoms with Crippen LogP contribution in [0.2, 0.25) is 0 Å². The Balaban J connectivity index is 0.000000184. The zero-order valence-electron chi connectivity index (χ0n) is 21.7. The first-order valence-electron chi connectivity index (χ1n) is 12.3. The fraction of sp³-hybridized carbons (Fsp3) is 0.500. The molecule has 204 valence electrons. The van der Waals surface area contributed by atoms with E-state index in [0.717, 1.165) is 53.4 Å². The highest BCUT2D eigenvalue weighted by Gasteiger charge is 2.33. The molecule has 0 bridgehead atoms. The van der Waals surface area contributed by atoms with Crippen LogP contribution in [-0.4, -0.2) is 59.0 Å². The summed E-state index contributed by atoms with van der Waals surface area (Å²) in [4.78, 5) is 22.8. The predicted octanol–water partition coefficient (Wildman–Crippen LogP) is 5.42. The van der Waals surface area contributed by atoms with Crippen LogP contribution in [-0.2, 0) is 30.7 Å². The number of H-pyrrole nitrogens is 2. The Kier molecular flexibility index (Phi) is 8.34. The molecule has 38 heavy (non-hydrogen) atoms. The van der Waals surface area contributed by atoms with Crippen LogP contribution >= 0.6 is 22.7 Å². The second-order valence-electron chi connectivity index (χ2n) is 10.5. The number of ether oxygens (including phenoxy) is 1. The Morgan fingerprint density at radius 3 is 2.11 bits per heavy atom. The van der Waals surface area contributed by atoms with Crippen LogP contribution in [0.1, 0.15) is 64.6 Å². The molecule has 4 aromatic heterocycles. The molecule has 10 nitrogen and oxygen atoms in total. The SMILES string of the molecule is C.CC1Cc2[nH]nc(-c3cscn3)c2CN1.CC1Cc2[nH]nc(-c3cscn3)c2CN1C(=O)OC(C)(C)C. The normalized spacial score (nSPS) is 18.5. The van der Waals surface area contributed by atoms with E-state index in [2.05, 4.69) is 42.6 Å². The van der Waals surface area contributed by atoms with Crippen LogP contribution in [0.3, 0.4) is 0 Å². The molecule has 2 atom stereocenters. The number of fused-ring (bicyclic) bond motifs is 2. The van der Waals surface area contributed by atoms with E-state index >= 15 is 0 Å². The zero-order chi connectivity index (χ0) is 26.2. The Bertz CT molecular complexity index is 1340. The lowest BCUT2D eigenvalue weighted by molar-refractivity contribution is 0.0138. The van der Waals surface area contributed by atoms with Crippen molar-refractivity contribution in [1.29, 1.82) is 0 Å². The van der Waals surface area contributed by atoms with Gasteiger partial charge in [0.1, 0.15) is 28.4 Å². The van der Waals surface area contributed by atoms with Crippen molar-refractivity contribution >= 4 is 28.8 Å². The summed E-state index contributed by atoms with van der Waals surface area (Å²) < 4.78 is 5.51. The largest absolute Gasteiger partial charge is 0.444 e. The first-order chi connectivity index (χ1) is 17.7. The standard InChI is InChI=1S/C15H20N4O2S.C10H12N4S.CH4/c1-9-5-11-10(6-19(9)14(20)21-15(2,3)4)13(18-17-11)12-7-22-8-16-12;1-6-2-8-7(3-11-6)10(14-13-8)9-4-15-5-12-9;/h7-9H,5-6H2,1-4H3,(H,17,18);4-6,11H,2-3H2,1H3,(H,13,14);1H4. The Morgan fingerprint density at radius 1 is 0.974 bits per heavy atom. The molecule has 6 rings (SSSR count). The monoisotopic (exact) mass is 556 g/mol. The second-order valence-corrected chi connectivity index (χ2v) is 11.9. The van der Waals surface area contributed by atoms with Crippen LogP contribution in [0.25, 0.3) is 22.8 Å². The molecular formula is C26H36N8O2S2. The molecule has 2 aliphatic rings. The molecule has 0 saturated heterocycles. The number of carbonyl (C=O) groups is 1. The zero-order valence-corrected chi connectivity index (χ0v) is 23.3. The van der Waals surface area contributed by atoms with Gasteiger partial charge in [-0.05, 0) is 34.6 Å². The number of rotatable bonds is 2. The third-order valence-corrected chi connectivity index (χ3v) is 7.55. The van der Waals surface area contributed by atoms with Crippen molar-refractivity contribution in [2.24, 2.45) is 0 Å². The lowest BCUT2D eigenvalue weighted by Crippen LogP contribution is -2.45. The number of carbonyl (C=O) groups excluding carboxylic acids is 1. The highest BCUT2D eigenvalue weighted by Crippen LogP contribution is 2.31. The maximum atomic E-state index is 12.4. The first-order valence-corrected chi connectivity index (χ1v) is 14.2. The molecule has 0 fully saturated rings. The number of aromatic amines is 2. The maximum absolute atomic E-state index is 12.4. The molecule has 1 amide bonds. The van der Waals surface area contributed by atoms with Crippen molar-refractivity contribution in [3.63, 3.8) is 0 Å². The van der Waals surface area contributed by atoms with E-state index in [1.807, 2.05) is 44.0 Å². The van der Waals surface area contributed by atoms with Gasteiger partial charge in [-0.25, -0.2) is 14.8 Å². The summed E-state index contributed by atoms with van der Waals surface area (Å²) in [5.41, 5.74) is 11.4. The summed E-state index contributed by atoms with van der Waals surface area (Å²) in [5.74, 6) is 0. The average Bonchev–Trinajstić information content (AvgIpc) is 3.63. The van der Waals surface area contributed by atoms with Crippen molar-refractivity contribution in [2.45, 2.75) is 85.7 Å². The van der Waals surface area contributed by atoms with Gasteiger partial charge in [0.15, 0.2) is 0 Å². The second kappa shape index (κ2) is 11.3. The molecule has 0 aromatic carbocycles. The van der Waals surface area contributed by atoms with Crippen LogP contribution in [0.15, 0.2) is 21.8 Å². The Morgan fingerprint density at radius 2 is 1.55 bits per heavy atom. The van der Waals surface area contributed by atoms with Gasteiger partial charge in [0.25, 0.3) is 0 Å². The minimum absolute atomic E-state index is 0. The van der Waals surface area contributed by atoms with Crippen molar-refractivity contribution in [3.05, 3.63) is 44.3 Å². The quantitative estimate of drug-likeness (QED) is 0.301. The third-order valence-electron chi connectivity index (χ3n) is 6.38. The summed E-state index contributed by atoms with van der Waals surface area (Å²) in [7, 11) is 0. The van der Waals surface area contributed by atoms with Crippen molar-refractivity contribution in [3.8, 4) is 22.8 Å². The fourth-order valence-corrected chi connectivity index (χ4v) is 5.61. The van der Waals surface area contributed by atoms with E-state index in [4.69, 9.17) is 4.74 Å². The van der Waals surface area contributed by atoms with E-state index in [9.17, 15) is 4.79 Å². The number of thiazole rings is 2. The van der Waals surface area contributed by atoms with Gasteiger partial charge in [0, 0.05) is 64.7 Å². The third kappa shape index (κ3) is 5.97. The van der Waals surface area contributed by atoms with E-state index < -0.39 is 5.60 Å². The number of hydrogen-bond donors (Lipinski definition) is 3. The molecule has 3 N–H and O–H groups in total. The van der Waals surface area contributed by atoms with Crippen LogP contribution in [0.5, 0.6) is 0 Å². The van der Waals surface area contributed by atoms with Crippen LogP contribution < -0.4 is 5.32 Å². The highest BCUT2D eigenvalue weighted by molar-refractivity contribution is 7.08. The number of hydrogen-bond acceptors (Lipinski definition) is 9. The van der Waals surface area contributed by atoms with Gasteiger partial charge < -0.3 is 15.0 Å². The Labute approximate surface area is 231 Å². The molecular weight excluding hydrogens is 520 g/mol. The van der Waals surface area contributed by atoms with Crippen molar-refractivity contribution < 1.29 is 9.53 Å². The van der Waals surface area contributed by atoms with Crippen LogP contribution in [0.4, 0.5) is 4.79 Å². The summed E-state index contributed by atoms with van der Waals surface area (Å²) in [6.45, 7) is 11.2. The molecule has 0 saturated carbocycles. The molecule has 0 spiro atoms. The molecule has 2 aliphatic heterocycles. The van der Waals surface area contributed by atoms with E-state index in [1.54, 1.807) is 21.7 Å².